The Kier molecular flexibility index (Phi) is 5.17. The molecule has 100 valence electrons. The van der Waals surface area contributed by atoms with Crippen LogP contribution in [0, 0.1) is 0 Å². The summed E-state index contributed by atoms with van der Waals surface area (Å²) >= 11 is 1.79. The molecule has 0 spiro atoms. The lowest BCUT2D eigenvalue weighted by Crippen LogP contribution is -2.29. The molecule has 1 aromatic heterocycles. The Morgan fingerprint density at radius 3 is 3.11 bits per heavy atom. The Morgan fingerprint density at radius 1 is 1.50 bits per heavy atom. The summed E-state index contributed by atoms with van der Waals surface area (Å²) < 4.78 is 5.43. The number of rotatable bonds is 6. The lowest BCUT2D eigenvalue weighted by atomic mass is 10.1. The summed E-state index contributed by atoms with van der Waals surface area (Å²) in [5.41, 5.74) is 0. The number of thioether (sulfide) groups is 1. The van der Waals surface area contributed by atoms with Gasteiger partial charge in [0, 0.05) is 18.7 Å². The first-order chi connectivity index (χ1) is 8.83. The van der Waals surface area contributed by atoms with Crippen LogP contribution in [0.1, 0.15) is 50.2 Å². The minimum Gasteiger partial charge on any atom is -0.466 e. The Labute approximate surface area is 113 Å². The zero-order valence-corrected chi connectivity index (χ0v) is 11.7. The Hall–Kier alpha value is -0.900. The van der Waals surface area contributed by atoms with E-state index in [4.69, 9.17) is 4.42 Å². The standard InChI is InChI=1S/C14H21NO2S/c1-2-3-4-5-8-13(16)15-9-11-18-14(15)12-7-6-10-17-12/h6-7,10,14H,2-5,8-9,11H2,1H3. The largest absolute Gasteiger partial charge is 0.466 e. The predicted molar refractivity (Wildman–Crippen MR) is 74.4 cm³/mol. The van der Waals surface area contributed by atoms with Gasteiger partial charge in [0.1, 0.15) is 11.1 Å². The molecule has 2 rings (SSSR count). The van der Waals surface area contributed by atoms with Crippen LogP contribution in [0.15, 0.2) is 22.8 Å². The minimum atomic E-state index is 0.0960. The Balaban J connectivity index is 1.85. The van der Waals surface area contributed by atoms with Crippen LogP contribution in [0.4, 0.5) is 0 Å². The summed E-state index contributed by atoms with van der Waals surface area (Å²) in [5, 5.41) is 0.0960. The summed E-state index contributed by atoms with van der Waals surface area (Å²) in [7, 11) is 0. The van der Waals surface area contributed by atoms with Crippen molar-refractivity contribution < 1.29 is 9.21 Å². The van der Waals surface area contributed by atoms with Crippen LogP contribution in [0.25, 0.3) is 0 Å². The van der Waals surface area contributed by atoms with Crippen molar-refractivity contribution in [1.82, 2.24) is 4.90 Å². The maximum Gasteiger partial charge on any atom is 0.223 e. The highest BCUT2D eigenvalue weighted by atomic mass is 32.2. The second-order valence-corrected chi connectivity index (χ2v) is 5.82. The fourth-order valence-electron chi connectivity index (χ4n) is 2.24. The monoisotopic (exact) mass is 267 g/mol. The van der Waals surface area contributed by atoms with E-state index in [-0.39, 0.29) is 11.3 Å². The van der Waals surface area contributed by atoms with Gasteiger partial charge in [-0.3, -0.25) is 4.79 Å². The highest BCUT2D eigenvalue weighted by molar-refractivity contribution is 7.99. The lowest BCUT2D eigenvalue weighted by Gasteiger charge is -2.22. The summed E-state index contributed by atoms with van der Waals surface area (Å²) in [5.74, 6) is 2.18. The number of hydrogen-bond donors (Lipinski definition) is 0. The molecule has 0 N–H and O–H groups in total. The molecule has 0 bridgehead atoms. The molecule has 1 aromatic rings. The van der Waals surface area contributed by atoms with Gasteiger partial charge in [0.2, 0.25) is 5.91 Å². The second-order valence-electron chi connectivity index (χ2n) is 4.64. The fraction of sp³-hybridized carbons (Fsp3) is 0.643. The van der Waals surface area contributed by atoms with Crippen molar-refractivity contribution in [3.8, 4) is 0 Å². The van der Waals surface area contributed by atoms with Crippen molar-refractivity contribution in [2.75, 3.05) is 12.3 Å². The van der Waals surface area contributed by atoms with E-state index in [2.05, 4.69) is 6.92 Å². The summed E-state index contributed by atoms with van der Waals surface area (Å²) in [6.07, 6.45) is 6.97. The van der Waals surface area contributed by atoms with Gasteiger partial charge in [-0.05, 0) is 18.6 Å². The molecule has 0 aliphatic carbocycles. The molecule has 1 amide bonds. The van der Waals surface area contributed by atoms with Gasteiger partial charge in [-0.2, -0.15) is 0 Å². The summed E-state index contributed by atoms with van der Waals surface area (Å²) in [4.78, 5) is 14.2. The van der Waals surface area contributed by atoms with Crippen molar-refractivity contribution in [1.29, 1.82) is 0 Å². The van der Waals surface area contributed by atoms with Crippen molar-refractivity contribution in [2.45, 2.75) is 44.4 Å². The number of hydrogen-bond acceptors (Lipinski definition) is 3. The number of unbranched alkanes of at least 4 members (excludes halogenated alkanes) is 3. The molecule has 0 saturated carbocycles. The molecule has 1 unspecified atom stereocenters. The SMILES string of the molecule is CCCCCCC(=O)N1CCSC1c1ccco1. The zero-order valence-electron chi connectivity index (χ0n) is 10.9. The molecule has 1 aliphatic rings. The number of carbonyl (C=O) groups is 1. The van der Waals surface area contributed by atoms with E-state index in [9.17, 15) is 4.79 Å². The lowest BCUT2D eigenvalue weighted by molar-refractivity contribution is -0.131. The molecule has 1 fully saturated rings. The number of carbonyl (C=O) groups excluding carboxylic acids is 1. The van der Waals surface area contributed by atoms with Crippen LogP contribution in [-0.4, -0.2) is 23.1 Å². The first-order valence-corrected chi connectivity index (χ1v) is 7.82. The first kappa shape index (κ1) is 13.5. The van der Waals surface area contributed by atoms with Crippen LogP contribution < -0.4 is 0 Å². The van der Waals surface area contributed by atoms with Gasteiger partial charge in [0.15, 0.2) is 0 Å². The normalized spacial score (nSPS) is 19.4. The number of amides is 1. The minimum absolute atomic E-state index is 0.0960. The molecule has 0 radical (unpaired) electrons. The number of nitrogens with zero attached hydrogens (tertiary/aromatic N) is 1. The van der Waals surface area contributed by atoms with Gasteiger partial charge in [0.05, 0.1) is 6.26 Å². The highest BCUT2D eigenvalue weighted by Crippen LogP contribution is 2.38. The van der Waals surface area contributed by atoms with Gasteiger partial charge < -0.3 is 9.32 Å². The predicted octanol–water partition coefficient (Wildman–Crippen LogP) is 3.82. The Bertz CT molecular complexity index is 364. The third kappa shape index (κ3) is 3.31. The maximum absolute atomic E-state index is 12.2. The van der Waals surface area contributed by atoms with E-state index in [0.29, 0.717) is 6.42 Å². The van der Waals surface area contributed by atoms with E-state index in [1.807, 2.05) is 17.0 Å². The maximum atomic E-state index is 12.2. The average molecular weight is 267 g/mol. The molecular weight excluding hydrogens is 246 g/mol. The average Bonchev–Trinajstić information content (AvgIpc) is 3.02. The van der Waals surface area contributed by atoms with Gasteiger partial charge in [-0.15, -0.1) is 11.8 Å². The van der Waals surface area contributed by atoms with Crippen LogP contribution >= 0.6 is 11.8 Å². The van der Waals surface area contributed by atoms with Crippen LogP contribution in [0.3, 0.4) is 0 Å². The van der Waals surface area contributed by atoms with Crippen LogP contribution in [0.2, 0.25) is 0 Å². The van der Waals surface area contributed by atoms with E-state index in [1.54, 1.807) is 18.0 Å². The van der Waals surface area contributed by atoms with Crippen LogP contribution in [0.5, 0.6) is 0 Å². The first-order valence-electron chi connectivity index (χ1n) is 6.77. The van der Waals surface area contributed by atoms with Gasteiger partial charge in [-0.1, -0.05) is 26.2 Å². The van der Waals surface area contributed by atoms with Gasteiger partial charge >= 0.3 is 0 Å². The highest BCUT2D eigenvalue weighted by Gasteiger charge is 2.31. The number of furan rings is 1. The van der Waals surface area contributed by atoms with E-state index in [0.717, 1.165) is 30.9 Å². The molecule has 1 aliphatic heterocycles. The van der Waals surface area contributed by atoms with E-state index in [1.165, 1.54) is 12.8 Å². The van der Waals surface area contributed by atoms with Crippen molar-refractivity contribution in [2.24, 2.45) is 0 Å². The molecule has 1 saturated heterocycles. The summed E-state index contributed by atoms with van der Waals surface area (Å²) in [6, 6.07) is 3.85. The van der Waals surface area contributed by atoms with Crippen molar-refractivity contribution in [3.05, 3.63) is 24.2 Å². The Morgan fingerprint density at radius 2 is 2.39 bits per heavy atom. The summed E-state index contributed by atoms with van der Waals surface area (Å²) in [6.45, 7) is 3.04. The second kappa shape index (κ2) is 6.88. The van der Waals surface area contributed by atoms with E-state index < -0.39 is 0 Å². The quantitative estimate of drug-likeness (QED) is 0.735. The molecule has 2 heterocycles. The fourth-order valence-corrected chi connectivity index (χ4v) is 3.47. The molecule has 0 aromatic carbocycles. The van der Waals surface area contributed by atoms with Crippen LogP contribution in [-0.2, 0) is 4.79 Å². The zero-order chi connectivity index (χ0) is 12.8. The third-order valence-corrected chi connectivity index (χ3v) is 4.46. The third-order valence-electron chi connectivity index (χ3n) is 3.24. The van der Waals surface area contributed by atoms with Gasteiger partial charge in [-0.25, -0.2) is 0 Å². The topological polar surface area (TPSA) is 33.5 Å². The smallest absolute Gasteiger partial charge is 0.223 e. The molecule has 3 nitrogen and oxygen atoms in total. The van der Waals surface area contributed by atoms with E-state index >= 15 is 0 Å². The molecular formula is C14H21NO2S. The van der Waals surface area contributed by atoms with Gasteiger partial charge in [0.25, 0.3) is 0 Å². The van der Waals surface area contributed by atoms with Crippen molar-refractivity contribution >= 4 is 17.7 Å². The molecule has 4 heteroatoms. The molecule has 1 atom stereocenters. The molecule has 18 heavy (non-hydrogen) atoms. The van der Waals surface area contributed by atoms with Crippen molar-refractivity contribution in [3.63, 3.8) is 0 Å².